The van der Waals surface area contributed by atoms with Crippen molar-refractivity contribution in [2.45, 2.75) is 0 Å². The zero-order chi connectivity index (χ0) is 15.6. The van der Waals surface area contributed by atoms with Crippen molar-refractivity contribution in [2.24, 2.45) is 0 Å². The van der Waals surface area contributed by atoms with Gasteiger partial charge in [0.05, 0.1) is 18.8 Å². The Kier molecular flexibility index (Phi) is 3.55. The molecule has 0 radical (unpaired) electrons. The number of rotatable bonds is 2. The summed E-state index contributed by atoms with van der Waals surface area (Å²) in [5.41, 5.74) is 2.14. The van der Waals surface area contributed by atoms with E-state index in [-0.39, 0.29) is 5.91 Å². The number of nitrogens with zero attached hydrogens (tertiary/aromatic N) is 2. The van der Waals surface area contributed by atoms with Gasteiger partial charge in [0.15, 0.2) is 5.76 Å². The molecule has 3 heterocycles. The fourth-order valence-corrected chi connectivity index (χ4v) is 2.72. The van der Waals surface area contributed by atoms with Crippen LogP contribution in [0.2, 0.25) is 0 Å². The van der Waals surface area contributed by atoms with Crippen LogP contribution in [0.1, 0.15) is 10.4 Å². The molecule has 1 aliphatic heterocycles. The van der Waals surface area contributed by atoms with Crippen LogP contribution < -0.4 is 0 Å². The van der Waals surface area contributed by atoms with Crippen molar-refractivity contribution < 1.29 is 13.9 Å². The molecule has 0 aliphatic carbocycles. The molecule has 5 heteroatoms. The largest absolute Gasteiger partial charge is 0.454 e. The molecule has 2 aromatic heterocycles. The first-order valence-corrected chi connectivity index (χ1v) is 7.63. The van der Waals surface area contributed by atoms with Crippen molar-refractivity contribution in [3.05, 3.63) is 54.2 Å². The highest BCUT2D eigenvalue weighted by Crippen LogP contribution is 2.26. The fraction of sp³-hybridized carbons (Fsp3) is 0.222. The van der Waals surface area contributed by atoms with Gasteiger partial charge in [0.2, 0.25) is 0 Å². The third-order valence-corrected chi connectivity index (χ3v) is 3.99. The van der Waals surface area contributed by atoms with Crippen LogP contribution in [0.25, 0.3) is 22.4 Å². The lowest BCUT2D eigenvalue weighted by atomic mass is 10.2. The molecule has 0 saturated carbocycles. The Labute approximate surface area is 133 Å². The second kappa shape index (κ2) is 5.85. The average Bonchev–Trinajstić information content (AvgIpc) is 3.06. The maximum atomic E-state index is 12.4. The molecule has 4 rings (SSSR count). The Morgan fingerprint density at radius 3 is 2.65 bits per heavy atom. The lowest BCUT2D eigenvalue weighted by Crippen LogP contribution is -2.40. The number of hydrogen-bond donors (Lipinski definition) is 0. The Morgan fingerprint density at radius 1 is 1.09 bits per heavy atom. The number of aromatic nitrogens is 1. The highest BCUT2D eigenvalue weighted by Gasteiger charge is 2.19. The Bertz CT molecular complexity index is 800. The van der Waals surface area contributed by atoms with Gasteiger partial charge in [0.1, 0.15) is 11.3 Å². The third kappa shape index (κ3) is 2.71. The normalized spacial score (nSPS) is 15.0. The highest BCUT2D eigenvalue weighted by molar-refractivity contribution is 5.94. The first kappa shape index (κ1) is 14.0. The number of benzene rings is 1. The summed E-state index contributed by atoms with van der Waals surface area (Å²) in [6.07, 6.45) is 1.61. The summed E-state index contributed by atoms with van der Waals surface area (Å²) in [4.78, 5) is 18.6. The molecular formula is C18H16N2O3. The lowest BCUT2D eigenvalue weighted by molar-refractivity contribution is 0.0302. The molecule has 5 nitrogen and oxygen atoms in total. The molecule has 1 amide bonds. The van der Waals surface area contributed by atoms with Crippen LogP contribution in [0.5, 0.6) is 0 Å². The minimum Gasteiger partial charge on any atom is -0.454 e. The predicted molar refractivity (Wildman–Crippen MR) is 86.2 cm³/mol. The van der Waals surface area contributed by atoms with Crippen molar-refractivity contribution >= 4 is 16.9 Å². The van der Waals surface area contributed by atoms with Gasteiger partial charge in [-0.25, -0.2) is 0 Å². The molecule has 1 saturated heterocycles. The van der Waals surface area contributed by atoms with Crippen molar-refractivity contribution in [2.75, 3.05) is 26.3 Å². The van der Waals surface area contributed by atoms with Crippen LogP contribution >= 0.6 is 0 Å². The Morgan fingerprint density at radius 2 is 1.91 bits per heavy atom. The van der Waals surface area contributed by atoms with E-state index in [2.05, 4.69) is 4.98 Å². The standard InChI is InChI=1S/C18H16N2O3/c21-18(20-7-9-22-10-8-20)14-5-6-15(19-12-14)17-11-13-3-1-2-4-16(13)23-17/h1-6,11-12H,7-10H2. The van der Waals surface area contributed by atoms with Gasteiger partial charge in [-0.15, -0.1) is 0 Å². The van der Waals surface area contributed by atoms with Crippen molar-refractivity contribution in [1.29, 1.82) is 0 Å². The number of para-hydroxylation sites is 1. The number of ether oxygens (including phenoxy) is 1. The number of hydrogen-bond acceptors (Lipinski definition) is 4. The summed E-state index contributed by atoms with van der Waals surface area (Å²) < 4.78 is 11.1. The van der Waals surface area contributed by atoms with Crippen LogP contribution in [0.4, 0.5) is 0 Å². The summed E-state index contributed by atoms with van der Waals surface area (Å²) in [5.74, 6) is 0.702. The second-order valence-corrected chi connectivity index (χ2v) is 5.49. The first-order valence-electron chi connectivity index (χ1n) is 7.63. The topological polar surface area (TPSA) is 55.6 Å². The van der Waals surface area contributed by atoms with Crippen molar-refractivity contribution in [1.82, 2.24) is 9.88 Å². The minimum atomic E-state index is -0.00282. The summed E-state index contributed by atoms with van der Waals surface area (Å²) >= 11 is 0. The SMILES string of the molecule is O=C(c1ccc(-c2cc3ccccc3o2)nc1)N1CCOCC1. The van der Waals surface area contributed by atoms with E-state index in [4.69, 9.17) is 9.15 Å². The number of carbonyl (C=O) groups is 1. The molecule has 0 atom stereocenters. The first-order chi connectivity index (χ1) is 11.3. The van der Waals surface area contributed by atoms with E-state index in [9.17, 15) is 4.79 Å². The number of carbonyl (C=O) groups excluding carboxylic acids is 1. The molecular weight excluding hydrogens is 292 g/mol. The zero-order valence-electron chi connectivity index (χ0n) is 12.6. The summed E-state index contributed by atoms with van der Waals surface area (Å²) in [5, 5.41) is 1.04. The molecule has 1 aromatic carbocycles. The lowest BCUT2D eigenvalue weighted by Gasteiger charge is -2.26. The number of fused-ring (bicyclic) bond motifs is 1. The van der Waals surface area contributed by atoms with E-state index in [1.54, 1.807) is 17.2 Å². The van der Waals surface area contributed by atoms with Gasteiger partial charge >= 0.3 is 0 Å². The molecule has 1 aliphatic rings. The molecule has 0 spiro atoms. The van der Waals surface area contributed by atoms with Crippen LogP contribution in [-0.2, 0) is 4.74 Å². The van der Waals surface area contributed by atoms with Gasteiger partial charge in [-0.1, -0.05) is 18.2 Å². The summed E-state index contributed by atoms with van der Waals surface area (Å²) in [7, 11) is 0. The minimum absolute atomic E-state index is 0.00282. The van der Waals surface area contributed by atoms with Crippen molar-refractivity contribution in [3.63, 3.8) is 0 Å². The van der Waals surface area contributed by atoms with Crippen molar-refractivity contribution in [3.8, 4) is 11.5 Å². The van der Waals surface area contributed by atoms with Gasteiger partial charge in [-0.05, 0) is 24.3 Å². The predicted octanol–water partition coefficient (Wildman–Crippen LogP) is 2.97. The van der Waals surface area contributed by atoms with Crippen LogP contribution in [0.15, 0.2) is 53.1 Å². The maximum Gasteiger partial charge on any atom is 0.255 e. The van der Waals surface area contributed by atoms with E-state index in [1.165, 1.54) is 0 Å². The molecule has 116 valence electrons. The molecule has 23 heavy (non-hydrogen) atoms. The molecule has 0 bridgehead atoms. The Hall–Kier alpha value is -2.66. The molecule has 0 N–H and O–H groups in total. The van der Waals surface area contributed by atoms with Gasteiger partial charge in [0.25, 0.3) is 5.91 Å². The van der Waals surface area contributed by atoms with Gasteiger partial charge in [-0.2, -0.15) is 0 Å². The smallest absolute Gasteiger partial charge is 0.255 e. The Balaban J connectivity index is 1.58. The molecule has 3 aromatic rings. The third-order valence-electron chi connectivity index (χ3n) is 3.99. The van der Waals surface area contributed by atoms with E-state index in [1.807, 2.05) is 36.4 Å². The van der Waals surface area contributed by atoms with Crippen LogP contribution in [0, 0.1) is 0 Å². The van der Waals surface area contributed by atoms with Crippen LogP contribution in [-0.4, -0.2) is 42.1 Å². The van der Waals surface area contributed by atoms with Crippen LogP contribution in [0.3, 0.4) is 0 Å². The molecule has 1 fully saturated rings. The number of pyridine rings is 1. The maximum absolute atomic E-state index is 12.4. The van der Waals surface area contributed by atoms with E-state index in [0.717, 1.165) is 16.7 Å². The monoisotopic (exact) mass is 308 g/mol. The fourth-order valence-electron chi connectivity index (χ4n) is 2.72. The van der Waals surface area contributed by atoms with Gasteiger partial charge in [-0.3, -0.25) is 9.78 Å². The quantitative estimate of drug-likeness (QED) is 0.730. The van der Waals surface area contributed by atoms with Gasteiger partial charge in [0, 0.05) is 24.7 Å². The summed E-state index contributed by atoms with van der Waals surface area (Å²) in [6.45, 7) is 2.45. The second-order valence-electron chi connectivity index (χ2n) is 5.49. The highest BCUT2D eigenvalue weighted by atomic mass is 16.5. The number of morpholine rings is 1. The average molecular weight is 308 g/mol. The number of furan rings is 1. The van der Waals surface area contributed by atoms with E-state index in [0.29, 0.717) is 37.6 Å². The van der Waals surface area contributed by atoms with E-state index < -0.39 is 0 Å². The zero-order valence-corrected chi connectivity index (χ0v) is 12.6. The molecule has 0 unspecified atom stereocenters. The van der Waals surface area contributed by atoms with Gasteiger partial charge < -0.3 is 14.1 Å². The number of amides is 1. The summed E-state index contributed by atoms with van der Waals surface area (Å²) in [6, 6.07) is 13.4. The van der Waals surface area contributed by atoms with E-state index >= 15 is 0 Å².